The van der Waals surface area contributed by atoms with E-state index in [-0.39, 0.29) is 5.60 Å². The Balaban J connectivity index is 2.34. The first-order valence-electron chi connectivity index (χ1n) is 6.78. The molecule has 1 aliphatic rings. The summed E-state index contributed by atoms with van der Waals surface area (Å²) in [6.45, 7) is 10.1. The van der Waals surface area contributed by atoms with Gasteiger partial charge in [-0.3, -0.25) is 0 Å². The SMILES string of the molecule is CCNC1CCC(CCC(C)(C)OC)C1C. The molecule has 0 spiro atoms. The van der Waals surface area contributed by atoms with Crippen molar-refractivity contribution in [3.63, 3.8) is 0 Å². The van der Waals surface area contributed by atoms with Crippen LogP contribution >= 0.6 is 0 Å². The smallest absolute Gasteiger partial charge is 0.0622 e. The molecule has 1 aliphatic carbocycles. The van der Waals surface area contributed by atoms with E-state index in [9.17, 15) is 0 Å². The monoisotopic (exact) mass is 227 g/mol. The minimum atomic E-state index is 0.0516. The largest absolute Gasteiger partial charge is 0.379 e. The molecule has 0 heterocycles. The van der Waals surface area contributed by atoms with E-state index in [0.717, 1.165) is 24.4 Å². The molecule has 2 nitrogen and oxygen atoms in total. The Bertz CT molecular complexity index is 203. The van der Waals surface area contributed by atoms with Gasteiger partial charge in [-0.2, -0.15) is 0 Å². The molecule has 3 atom stereocenters. The summed E-state index contributed by atoms with van der Waals surface area (Å²) >= 11 is 0. The van der Waals surface area contributed by atoms with Crippen molar-refractivity contribution in [1.29, 1.82) is 0 Å². The maximum atomic E-state index is 5.49. The van der Waals surface area contributed by atoms with Crippen LogP contribution in [0.1, 0.15) is 53.4 Å². The van der Waals surface area contributed by atoms with Crippen LogP contribution in [0.25, 0.3) is 0 Å². The van der Waals surface area contributed by atoms with Gasteiger partial charge in [0.1, 0.15) is 0 Å². The van der Waals surface area contributed by atoms with Crippen LogP contribution in [0.5, 0.6) is 0 Å². The Morgan fingerprint density at radius 2 is 2.00 bits per heavy atom. The average Bonchev–Trinajstić information content (AvgIpc) is 2.59. The van der Waals surface area contributed by atoms with E-state index in [1.165, 1.54) is 25.7 Å². The van der Waals surface area contributed by atoms with Crippen LogP contribution in [0.15, 0.2) is 0 Å². The van der Waals surface area contributed by atoms with Crippen molar-refractivity contribution >= 4 is 0 Å². The zero-order chi connectivity index (χ0) is 12.2. The van der Waals surface area contributed by atoms with Crippen molar-refractivity contribution < 1.29 is 4.74 Å². The zero-order valence-corrected chi connectivity index (χ0v) is 11.7. The lowest BCUT2D eigenvalue weighted by molar-refractivity contribution is 0.00912. The maximum absolute atomic E-state index is 5.49. The third-order valence-corrected chi connectivity index (χ3v) is 4.36. The lowest BCUT2D eigenvalue weighted by Gasteiger charge is -2.27. The summed E-state index contributed by atoms with van der Waals surface area (Å²) in [6.07, 6.45) is 5.23. The molecular weight excluding hydrogens is 198 g/mol. The summed E-state index contributed by atoms with van der Waals surface area (Å²) in [5.74, 6) is 1.71. The molecule has 0 aromatic heterocycles. The van der Waals surface area contributed by atoms with E-state index in [0.29, 0.717) is 0 Å². The lowest BCUT2D eigenvalue weighted by Crippen LogP contribution is -2.33. The van der Waals surface area contributed by atoms with Gasteiger partial charge in [-0.05, 0) is 57.9 Å². The van der Waals surface area contributed by atoms with Gasteiger partial charge in [0.15, 0.2) is 0 Å². The first kappa shape index (κ1) is 14.0. The summed E-state index contributed by atoms with van der Waals surface area (Å²) < 4.78 is 5.49. The summed E-state index contributed by atoms with van der Waals surface area (Å²) in [4.78, 5) is 0. The van der Waals surface area contributed by atoms with Crippen LogP contribution in [-0.2, 0) is 4.74 Å². The number of hydrogen-bond acceptors (Lipinski definition) is 2. The van der Waals surface area contributed by atoms with Crippen LogP contribution in [0.3, 0.4) is 0 Å². The van der Waals surface area contributed by atoms with E-state index in [2.05, 4.69) is 33.0 Å². The second-order valence-electron chi connectivity index (χ2n) is 5.86. The second-order valence-corrected chi connectivity index (χ2v) is 5.86. The number of methoxy groups -OCH3 is 1. The van der Waals surface area contributed by atoms with Crippen molar-refractivity contribution in [2.75, 3.05) is 13.7 Å². The molecule has 1 saturated carbocycles. The van der Waals surface area contributed by atoms with Gasteiger partial charge >= 0.3 is 0 Å². The molecule has 16 heavy (non-hydrogen) atoms. The number of nitrogens with one attached hydrogen (secondary N) is 1. The Labute approximate surface area is 101 Å². The summed E-state index contributed by atoms with van der Waals surface area (Å²) in [5.41, 5.74) is 0.0516. The highest BCUT2D eigenvalue weighted by molar-refractivity contribution is 4.87. The van der Waals surface area contributed by atoms with E-state index in [1.54, 1.807) is 0 Å². The highest BCUT2D eigenvalue weighted by Gasteiger charge is 2.32. The van der Waals surface area contributed by atoms with E-state index >= 15 is 0 Å². The molecule has 96 valence electrons. The van der Waals surface area contributed by atoms with Gasteiger partial charge < -0.3 is 10.1 Å². The van der Waals surface area contributed by atoms with E-state index in [4.69, 9.17) is 4.74 Å². The Hall–Kier alpha value is -0.0800. The van der Waals surface area contributed by atoms with Crippen LogP contribution in [0, 0.1) is 11.8 Å². The highest BCUT2D eigenvalue weighted by Crippen LogP contribution is 2.36. The molecule has 3 unspecified atom stereocenters. The number of hydrogen-bond donors (Lipinski definition) is 1. The molecular formula is C14H29NO. The van der Waals surface area contributed by atoms with Crippen LogP contribution < -0.4 is 5.32 Å². The Kier molecular flexibility index (Phi) is 5.26. The molecule has 0 saturated heterocycles. The minimum absolute atomic E-state index is 0.0516. The highest BCUT2D eigenvalue weighted by atomic mass is 16.5. The first-order chi connectivity index (χ1) is 7.50. The maximum Gasteiger partial charge on any atom is 0.0622 e. The van der Waals surface area contributed by atoms with Gasteiger partial charge in [0, 0.05) is 13.2 Å². The molecule has 0 radical (unpaired) electrons. The van der Waals surface area contributed by atoms with E-state index in [1.807, 2.05) is 7.11 Å². The second kappa shape index (κ2) is 6.02. The molecule has 1 N–H and O–H groups in total. The molecule has 0 amide bonds. The molecule has 0 bridgehead atoms. The quantitative estimate of drug-likeness (QED) is 0.752. The predicted molar refractivity (Wildman–Crippen MR) is 69.7 cm³/mol. The van der Waals surface area contributed by atoms with Crippen LogP contribution in [-0.4, -0.2) is 25.3 Å². The average molecular weight is 227 g/mol. The van der Waals surface area contributed by atoms with Crippen LogP contribution in [0.2, 0.25) is 0 Å². The molecule has 0 aromatic carbocycles. The van der Waals surface area contributed by atoms with Gasteiger partial charge in [0.05, 0.1) is 5.60 Å². The fourth-order valence-corrected chi connectivity index (χ4v) is 2.84. The summed E-state index contributed by atoms with van der Waals surface area (Å²) in [5, 5.41) is 3.60. The predicted octanol–water partition coefficient (Wildman–Crippen LogP) is 3.22. The third kappa shape index (κ3) is 3.74. The molecule has 1 rings (SSSR count). The molecule has 1 fully saturated rings. The summed E-state index contributed by atoms with van der Waals surface area (Å²) in [7, 11) is 1.82. The van der Waals surface area contributed by atoms with Crippen molar-refractivity contribution in [1.82, 2.24) is 5.32 Å². The van der Waals surface area contributed by atoms with Crippen molar-refractivity contribution in [2.45, 2.75) is 65.0 Å². The standard InChI is InChI=1S/C14H29NO/c1-6-15-13-8-7-12(11(13)2)9-10-14(3,4)16-5/h11-13,15H,6-10H2,1-5H3. The normalized spacial score (nSPS) is 30.9. The first-order valence-corrected chi connectivity index (χ1v) is 6.78. The number of ether oxygens (including phenoxy) is 1. The zero-order valence-electron chi connectivity index (χ0n) is 11.7. The molecule has 0 aromatic rings. The summed E-state index contributed by atoms with van der Waals surface area (Å²) in [6, 6.07) is 0.751. The fraction of sp³-hybridized carbons (Fsp3) is 1.00. The minimum Gasteiger partial charge on any atom is -0.379 e. The molecule has 2 heteroatoms. The third-order valence-electron chi connectivity index (χ3n) is 4.36. The van der Waals surface area contributed by atoms with Gasteiger partial charge in [-0.15, -0.1) is 0 Å². The van der Waals surface area contributed by atoms with Gasteiger partial charge in [-0.1, -0.05) is 13.8 Å². The Morgan fingerprint density at radius 3 is 2.56 bits per heavy atom. The lowest BCUT2D eigenvalue weighted by atomic mass is 9.88. The number of rotatable bonds is 6. The molecule has 0 aliphatic heterocycles. The Morgan fingerprint density at radius 1 is 1.31 bits per heavy atom. The van der Waals surface area contributed by atoms with Gasteiger partial charge in [0.25, 0.3) is 0 Å². The van der Waals surface area contributed by atoms with E-state index < -0.39 is 0 Å². The van der Waals surface area contributed by atoms with Crippen molar-refractivity contribution in [3.8, 4) is 0 Å². The fourth-order valence-electron chi connectivity index (χ4n) is 2.84. The topological polar surface area (TPSA) is 21.3 Å². The van der Waals surface area contributed by atoms with Crippen molar-refractivity contribution in [2.24, 2.45) is 11.8 Å². The van der Waals surface area contributed by atoms with Gasteiger partial charge in [-0.25, -0.2) is 0 Å². The van der Waals surface area contributed by atoms with Gasteiger partial charge in [0.2, 0.25) is 0 Å². The van der Waals surface area contributed by atoms with Crippen LogP contribution in [0.4, 0.5) is 0 Å². The van der Waals surface area contributed by atoms with Crippen molar-refractivity contribution in [3.05, 3.63) is 0 Å².